The van der Waals surface area contributed by atoms with E-state index in [1.54, 1.807) is 20.8 Å². The third-order valence-electron chi connectivity index (χ3n) is 7.29. The first-order chi connectivity index (χ1) is 25.2. The van der Waals surface area contributed by atoms with Gasteiger partial charge in [-0.2, -0.15) is 28.1 Å². The monoisotopic (exact) mass is 747 g/mol. The van der Waals surface area contributed by atoms with Gasteiger partial charge in [-0.1, -0.05) is 12.1 Å². The molecule has 53 heavy (non-hydrogen) atoms. The summed E-state index contributed by atoms with van der Waals surface area (Å²) < 4.78 is 65.8. The minimum atomic E-state index is -4.64. The number of hydrogen-bond donors (Lipinski definition) is 4. The molecular weight excluding hydrogens is 703 g/mol. The van der Waals surface area contributed by atoms with Crippen molar-refractivity contribution >= 4 is 35.6 Å². The van der Waals surface area contributed by atoms with E-state index >= 15 is 0 Å². The molecule has 2 aliphatic heterocycles. The number of carbonyl (C=O) groups is 3. The van der Waals surface area contributed by atoms with E-state index in [-0.39, 0.29) is 49.3 Å². The number of rotatable bonds is 8. The predicted octanol–water partition coefficient (Wildman–Crippen LogP) is 5.69. The van der Waals surface area contributed by atoms with Gasteiger partial charge in [0.15, 0.2) is 6.61 Å². The summed E-state index contributed by atoms with van der Waals surface area (Å²) in [6.07, 6.45) is -2.17. The molecule has 2 aromatic carbocycles. The van der Waals surface area contributed by atoms with Crippen molar-refractivity contribution in [2.45, 2.75) is 77.2 Å². The standard InChI is InChI=1S/C35H44F3N7O8/c1-34(2,3)53-33(48)39-16-15-26(29(47)49-4)42-28(46)25-14-11-23-19-27(25)51-18-8-6-5-7-17-50-24-12-9-22(10-13-24)20-40-30-43-31(41-23)45-32(44-30)52-21-35(36,37)38/h9-14,19,26H,5-8,15-18,20-21H2,1-4H3,(H,39,48)(H,42,46)(H2,40,41,43,44,45). The largest absolute Gasteiger partial charge is 0.494 e. The average Bonchev–Trinajstić information content (AvgIpc) is 3.09. The molecular formula is C35H44F3N7O8. The number of aromatic nitrogens is 3. The summed E-state index contributed by atoms with van der Waals surface area (Å²) in [5.41, 5.74) is 0.506. The zero-order valence-corrected chi connectivity index (χ0v) is 29.9. The molecule has 1 unspecified atom stereocenters. The van der Waals surface area contributed by atoms with Crippen LogP contribution in [0.2, 0.25) is 0 Å². The van der Waals surface area contributed by atoms with Gasteiger partial charge in [0.2, 0.25) is 11.9 Å². The van der Waals surface area contributed by atoms with Gasteiger partial charge in [0.1, 0.15) is 23.1 Å². The summed E-state index contributed by atoms with van der Waals surface area (Å²) in [7, 11) is 1.18. The Morgan fingerprint density at radius 1 is 0.925 bits per heavy atom. The number of amides is 2. The van der Waals surface area contributed by atoms with Crippen LogP contribution in [0.5, 0.6) is 17.5 Å². The number of methoxy groups -OCH3 is 1. The fourth-order valence-electron chi connectivity index (χ4n) is 4.81. The number of alkyl carbamates (subject to hydrolysis) is 1. The quantitative estimate of drug-likeness (QED) is 0.207. The Bertz CT molecular complexity index is 1690. The van der Waals surface area contributed by atoms with Gasteiger partial charge in [-0.15, -0.1) is 0 Å². The lowest BCUT2D eigenvalue weighted by molar-refractivity contribution is -0.154. The number of benzene rings is 2. The van der Waals surface area contributed by atoms with Crippen LogP contribution in [0, 0.1) is 0 Å². The van der Waals surface area contributed by atoms with Crippen LogP contribution in [-0.2, 0) is 20.8 Å². The highest BCUT2D eigenvalue weighted by atomic mass is 19.4. The van der Waals surface area contributed by atoms with E-state index in [9.17, 15) is 27.6 Å². The first-order valence-corrected chi connectivity index (χ1v) is 17.0. The molecule has 0 fully saturated rings. The lowest BCUT2D eigenvalue weighted by Gasteiger charge is -2.21. The zero-order valence-electron chi connectivity index (χ0n) is 29.9. The molecule has 3 heterocycles. The van der Waals surface area contributed by atoms with Crippen LogP contribution in [-0.4, -0.2) is 84.2 Å². The summed E-state index contributed by atoms with van der Waals surface area (Å²) in [6.45, 7) is 4.49. The van der Waals surface area contributed by atoms with E-state index in [0.29, 0.717) is 24.5 Å². The van der Waals surface area contributed by atoms with Gasteiger partial charge in [-0.3, -0.25) is 4.79 Å². The Labute approximate surface area is 304 Å². The summed E-state index contributed by atoms with van der Waals surface area (Å²) in [5.74, 6) is -0.781. The Kier molecular flexibility index (Phi) is 14.3. The molecule has 0 saturated heterocycles. The number of nitrogens with one attached hydrogen (secondary N) is 4. The number of anilines is 3. The minimum absolute atomic E-state index is 0.00365. The second kappa shape index (κ2) is 18.8. The van der Waals surface area contributed by atoms with Gasteiger partial charge in [-0.25, -0.2) is 9.59 Å². The number of fused-ring (bicyclic) bond motifs is 10. The van der Waals surface area contributed by atoms with E-state index in [1.807, 2.05) is 24.3 Å². The highest BCUT2D eigenvalue weighted by Crippen LogP contribution is 2.27. The van der Waals surface area contributed by atoms with Crippen molar-refractivity contribution in [2.24, 2.45) is 0 Å². The second-order valence-electron chi connectivity index (χ2n) is 12.9. The number of halogens is 3. The van der Waals surface area contributed by atoms with Crippen LogP contribution >= 0.6 is 0 Å². The topological polar surface area (TPSA) is 184 Å². The lowest BCUT2D eigenvalue weighted by atomic mass is 10.1. The number of esters is 1. The molecule has 5 rings (SSSR count). The predicted molar refractivity (Wildman–Crippen MR) is 186 cm³/mol. The van der Waals surface area contributed by atoms with Crippen LogP contribution in [0.25, 0.3) is 0 Å². The Hall–Kier alpha value is -5.55. The SMILES string of the molecule is COC(=O)C(CCNC(=O)OC(C)(C)C)NC(=O)c1ccc2cc1OCCCCCCOc1ccc(cc1)CNc1nc(nc(OCC(F)(F)F)n1)N2. The smallest absolute Gasteiger partial charge is 0.422 e. The summed E-state index contributed by atoms with van der Waals surface area (Å²) in [5, 5.41) is 11.1. The number of hydrogen-bond acceptors (Lipinski definition) is 13. The third kappa shape index (κ3) is 14.2. The van der Waals surface area contributed by atoms with Crippen LogP contribution in [0.3, 0.4) is 0 Å². The molecule has 0 saturated carbocycles. The van der Waals surface area contributed by atoms with Gasteiger partial charge in [-0.05, 0) is 82.7 Å². The maximum Gasteiger partial charge on any atom is 0.422 e. The molecule has 2 amide bonds. The molecule has 1 aromatic heterocycles. The number of nitrogens with zero attached hydrogens (tertiary/aromatic N) is 3. The fraction of sp³-hybridized carbons (Fsp3) is 0.486. The molecule has 3 aromatic rings. The summed E-state index contributed by atoms with van der Waals surface area (Å²) >= 11 is 0. The lowest BCUT2D eigenvalue weighted by Crippen LogP contribution is -2.44. The van der Waals surface area contributed by atoms with Crippen molar-refractivity contribution in [3.8, 4) is 17.5 Å². The zero-order chi connectivity index (χ0) is 38.4. The van der Waals surface area contributed by atoms with Gasteiger partial charge in [0.25, 0.3) is 5.91 Å². The van der Waals surface area contributed by atoms with Crippen LogP contribution < -0.4 is 35.5 Å². The Balaban J connectivity index is 1.58. The normalized spacial score (nSPS) is 14.4. The Morgan fingerprint density at radius 2 is 1.62 bits per heavy atom. The number of carbonyl (C=O) groups excluding carboxylic acids is 3. The molecule has 18 heteroatoms. The average molecular weight is 748 g/mol. The van der Waals surface area contributed by atoms with Crippen molar-refractivity contribution < 1.29 is 51.2 Å². The van der Waals surface area contributed by atoms with E-state index < -0.39 is 48.4 Å². The molecule has 0 spiro atoms. The molecule has 288 valence electrons. The van der Waals surface area contributed by atoms with Gasteiger partial charge >= 0.3 is 24.2 Å². The fourth-order valence-corrected chi connectivity index (χ4v) is 4.81. The highest BCUT2D eigenvalue weighted by molar-refractivity contribution is 5.99. The molecule has 15 nitrogen and oxygen atoms in total. The maximum absolute atomic E-state index is 13.6. The van der Waals surface area contributed by atoms with Gasteiger partial charge < -0.3 is 45.0 Å². The molecule has 1 atom stereocenters. The second-order valence-corrected chi connectivity index (χ2v) is 12.9. The van der Waals surface area contributed by atoms with Gasteiger partial charge in [0.05, 0.1) is 25.9 Å². The van der Waals surface area contributed by atoms with Crippen LogP contribution in [0.15, 0.2) is 42.5 Å². The van der Waals surface area contributed by atoms with Crippen LogP contribution in [0.1, 0.15) is 68.8 Å². The Morgan fingerprint density at radius 3 is 2.30 bits per heavy atom. The van der Waals surface area contributed by atoms with E-state index in [1.165, 1.54) is 25.3 Å². The highest BCUT2D eigenvalue weighted by Gasteiger charge is 2.29. The van der Waals surface area contributed by atoms with E-state index in [4.69, 9.17) is 23.7 Å². The molecule has 0 aliphatic carbocycles. The number of alkyl halides is 3. The van der Waals surface area contributed by atoms with Crippen molar-refractivity contribution in [3.63, 3.8) is 0 Å². The molecule has 2 aliphatic rings. The molecule has 0 radical (unpaired) electrons. The van der Waals surface area contributed by atoms with E-state index in [2.05, 4.69) is 36.2 Å². The third-order valence-corrected chi connectivity index (χ3v) is 7.29. The summed E-state index contributed by atoms with van der Waals surface area (Å²) in [4.78, 5) is 50.5. The van der Waals surface area contributed by atoms with Crippen LogP contribution in [0.4, 0.5) is 35.5 Å². The first kappa shape index (κ1) is 40.2. The van der Waals surface area contributed by atoms with Crippen molar-refractivity contribution in [2.75, 3.05) is 44.1 Å². The van der Waals surface area contributed by atoms with Gasteiger partial charge in [0, 0.05) is 24.8 Å². The van der Waals surface area contributed by atoms with E-state index in [0.717, 1.165) is 24.8 Å². The first-order valence-electron chi connectivity index (χ1n) is 17.0. The van der Waals surface area contributed by atoms with Crippen molar-refractivity contribution in [1.82, 2.24) is 25.6 Å². The van der Waals surface area contributed by atoms with Crippen molar-refractivity contribution in [3.05, 3.63) is 53.6 Å². The maximum atomic E-state index is 13.6. The minimum Gasteiger partial charge on any atom is -0.494 e. The van der Waals surface area contributed by atoms with Crippen molar-refractivity contribution in [1.29, 1.82) is 0 Å². The summed E-state index contributed by atoms with van der Waals surface area (Å²) in [6, 6.07) is 10.1. The number of ether oxygens (including phenoxy) is 5. The molecule has 4 N–H and O–H groups in total. The molecule has 6 bridgehead atoms.